The fourth-order valence-corrected chi connectivity index (χ4v) is 3.46. The second kappa shape index (κ2) is 10.4. The number of hydrogen-bond acceptors (Lipinski definition) is 4. The Morgan fingerprint density at radius 1 is 0.964 bits per heavy atom. The van der Waals surface area contributed by atoms with Gasteiger partial charge in [0.1, 0.15) is 5.75 Å². The minimum Gasteiger partial charge on any atom is -0.497 e. The SMILES string of the molecule is COc1ccc(CO[C@@H]2C/C(=C/COCc3ccccc3)C[C@@H](O)[C@@H]2C)cc1. The maximum Gasteiger partial charge on any atom is 0.118 e. The van der Waals surface area contributed by atoms with Crippen LogP contribution in [0.2, 0.25) is 0 Å². The van der Waals surface area contributed by atoms with Crippen molar-refractivity contribution < 1.29 is 19.3 Å². The molecule has 0 bridgehead atoms. The van der Waals surface area contributed by atoms with Gasteiger partial charge in [-0.15, -0.1) is 0 Å². The van der Waals surface area contributed by atoms with Gasteiger partial charge in [0.2, 0.25) is 0 Å². The minimum absolute atomic E-state index is 0.00576. The highest BCUT2D eigenvalue weighted by Crippen LogP contribution is 2.31. The van der Waals surface area contributed by atoms with Gasteiger partial charge in [-0.1, -0.05) is 61.0 Å². The van der Waals surface area contributed by atoms with Crippen LogP contribution >= 0.6 is 0 Å². The average Bonchev–Trinajstić information content (AvgIpc) is 2.73. The molecule has 4 nitrogen and oxygen atoms in total. The molecule has 0 unspecified atom stereocenters. The van der Waals surface area contributed by atoms with E-state index in [4.69, 9.17) is 14.2 Å². The molecule has 0 radical (unpaired) electrons. The third-order valence-electron chi connectivity index (χ3n) is 5.35. The lowest BCUT2D eigenvalue weighted by atomic mass is 9.82. The van der Waals surface area contributed by atoms with Gasteiger partial charge in [0, 0.05) is 5.92 Å². The summed E-state index contributed by atoms with van der Waals surface area (Å²) in [6.07, 6.45) is 3.25. The maximum atomic E-state index is 10.4. The predicted molar refractivity (Wildman–Crippen MR) is 110 cm³/mol. The van der Waals surface area contributed by atoms with Gasteiger partial charge in [-0.25, -0.2) is 0 Å². The zero-order valence-electron chi connectivity index (χ0n) is 16.7. The van der Waals surface area contributed by atoms with E-state index in [1.54, 1.807) is 7.11 Å². The Kier molecular flexibility index (Phi) is 7.66. The summed E-state index contributed by atoms with van der Waals surface area (Å²) in [6, 6.07) is 18.0. The summed E-state index contributed by atoms with van der Waals surface area (Å²) in [5.74, 6) is 0.951. The van der Waals surface area contributed by atoms with Gasteiger partial charge in [0.15, 0.2) is 0 Å². The van der Waals surface area contributed by atoms with Crippen LogP contribution in [0.5, 0.6) is 5.75 Å². The first kappa shape index (κ1) is 20.6. The summed E-state index contributed by atoms with van der Waals surface area (Å²) < 4.78 is 17.1. The summed E-state index contributed by atoms with van der Waals surface area (Å²) >= 11 is 0. The van der Waals surface area contributed by atoms with Crippen molar-refractivity contribution in [2.24, 2.45) is 5.92 Å². The smallest absolute Gasteiger partial charge is 0.118 e. The van der Waals surface area contributed by atoms with Crippen molar-refractivity contribution in [3.05, 3.63) is 77.4 Å². The monoisotopic (exact) mass is 382 g/mol. The molecule has 1 fully saturated rings. The van der Waals surface area contributed by atoms with E-state index < -0.39 is 0 Å². The summed E-state index contributed by atoms with van der Waals surface area (Å²) in [4.78, 5) is 0. The second-order valence-electron chi connectivity index (χ2n) is 7.40. The lowest BCUT2D eigenvalue weighted by Gasteiger charge is -2.34. The molecule has 0 saturated heterocycles. The fraction of sp³-hybridized carbons (Fsp3) is 0.417. The molecule has 0 spiro atoms. The molecule has 0 aromatic heterocycles. The number of hydrogen-bond donors (Lipinski definition) is 1. The molecule has 0 aliphatic heterocycles. The number of aliphatic hydroxyl groups is 1. The van der Waals surface area contributed by atoms with E-state index in [1.165, 1.54) is 11.1 Å². The van der Waals surface area contributed by atoms with Crippen LogP contribution in [0.1, 0.15) is 30.9 Å². The Labute approximate surface area is 167 Å². The van der Waals surface area contributed by atoms with Crippen LogP contribution in [0.25, 0.3) is 0 Å². The number of benzene rings is 2. The summed E-state index contributed by atoms with van der Waals surface area (Å²) in [7, 11) is 1.66. The van der Waals surface area contributed by atoms with Crippen LogP contribution in [0, 0.1) is 5.92 Å². The van der Waals surface area contributed by atoms with Crippen molar-refractivity contribution >= 4 is 0 Å². The van der Waals surface area contributed by atoms with Gasteiger partial charge in [-0.2, -0.15) is 0 Å². The highest BCUT2D eigenvalue weighted by atomic mass is 16.5. The van der Waals surface area contributed by atoms with Crippen LogP contribution in [0.15, 0.2) is 66.2 Å². The molecule has 1 N–H and O–H groups in total. The Balaban J connectivity index is 1.50. The van der Waals surface area contributed by atoms with Crippen LogP contribution in [0.3, 0.4) is 0 Å². The van der Waals surface area contributed by atoms with Crippen LogP contribution in [0.4, 0.5) is 0 Å². The number of aliphatic hydroxyl groups excluding tert-OH is 1. The Morgan fingerprint density at radius 3 is 2.39 bits per heavy atom. The van der Waals surface area contributed by atoms with Crippen LogP contribution in [-0.4, -0.2) is 31.0 Å². The molecular weight excluding hydrogens is 352 g/mol. The molecule has 3 atom stereocenters. The third kappa shape index (κ3) is 5.93. The van der Waals surface area contributed by atoms with Crippen molar-refractivity contribution in [1.29, 1.82) is 0 Å². The van der Waals surface area contributed by atoms with E-state index in [2.05, 4.69) is 25.1 Å². The van der Waals surface area contributed by atoms with E-state index in [9.17, 15) is 5.11 Å². The van der Waals surface area contributed by atoms with Crippen LogP contribution in [-0.2, 0) is 22.7 Å². The van der Waals surface area contributed by atoms with E-state index in [0.717, 1.165) is 17.7 Å². The topological polar surface area (TPSA) is 47.9 Å². The summed E-state index contributed by atoms with van der Waals surface area (Å²) in [6.45, 7) is 3.74. The fourth-order valence-electron chi connectivity index (χ4n) is 3.46. The van der Waals surface area contributed by atoms with Gasteiger partial charge in [-0.05, 0) is 36.1 Å². The summed E-state index contributed by atoms with van der Waals surface area (Å²) in [5, 5.41) is 10.4. The molecule has 2 aromatic rings. The van der Waals surface area contributed by atoms with E-state index in [1.807, 2.05) is 42.5 Å². The largest absolute Gasteiger partial charge is 0.497 e. The quantitative estimate of drug-likeness (QED) is 0.539. The first-order valence-electron chi connectivity index (χ1n) is 9.88. The maximum absolute atomic E-state index is 10.4. The molecule has 150 valence electrons. The zero-order chi connectivity index (χ0) is 19.8. The average molecular weight is 383 g/mol. The van der Waals surface area contributed by atoms with Gasteiger partial charge in [-0.3, -0.25) is 0 Å². The Bertz CT molecular complexity index is 739. The highest BCUT2D eigenvalue weighted by Gasteiger charge is 2.31. The van der Waals surface area contributed by atoms with E-state index in [-0.39, 0.29) is 18.1 Å². The van der Waals surface area contributed by atoms with Crippen molar-refractivity contribution in [1.82, 2.24) is 0 Å². The number of ether oxygens (including phenoxy) is 3. The molecular formula is C24H30O4. The molecule has 4 heteroatoms. The van der Waals surface area contributed by atoms with Crippen molar-refractivity contribution in [3.63, 3.8) is 0 Å². The van der Waals surface area contributed by atoms with Crippen LogP contribution < -0.4 is 4.74 Å². The van der Waals surface area contributed by atoms with Gasteiger partial charge < -0.3 is 19.3 Å². The standard InChI is InChI=1S/C24H30O4/c1-18-23(25)14-21(12-13-27-16-19-6-4-3-5-7-19)15-24(18)28-17-20-8-10-22(26-2)11-9-20/h3-12,18,23-25H,13-17H2,1-2H3/b21-12+/t18-,23+,24+/m0/s1. The molecule has 1 saturated carbocycles. The Morgan fingerprint density at radius 2 is 1.68 bits per heavy atom. The second-order valence-corrected chi connectivity index (χ2v) is 7.40. The molecule has 3 rings (SSSR count). The van der Waals surface area contributed by atoms with Crippen molar-refractivity contribution in [2.45, 2.75) is 45.2 Å². The molecule has 1 aliphatic rings. The van der Waals surface area contributed by atoms with Gasteiger partial charge >= 0.3 is 0 Å². The number of methoxy groups -OCH3 is 1. The van der Waals surface area contributed by atoms with Crippen molar-refractivity contribution in [2.75, 3.05) is 13.7 Å². The summed E-state index contributed by atoms with van der Waals surface area (Å²) in [5.41, 5.74) is 3.47. The number of rotatable bonds is 8. The molecule has 0 amide bonds. The minimum atomic E-state index is -0.380. The van der Waals surface area contributed by atoms with Crippen molar-refractivity contribution in [3.8, 4) is 5.75 Å². The highest BCUT2D eigenvalue weighted by molar-refractivity contribution is 5.26. The first-order chi connectivity index (χ1) is 13.7. The lowest BCUT2D eigenvalue weighted by Crippen LogP contribution is -2.37. The molecule has 0 heterocycles. The van der Waals surface area contributed by atoms with Gasteiger partial charge in [0.25, 0.3) is 0 Å². The van der Waals surface area contributed by atoms with Gasteiger partial charge in [0.05, 0.1) is 39.1 Å². The van der Waals surface area contributed by atoms with E-state index >= 15 is 0 Å². The third-order valence-corrected chi connectivity index (χ3v) is 5.35. The zero-order valence-corrected chi connectivity index (χ0v) is 16.7. The molecule has 1 aliphatic carbocycles. The molecule has 2 aromatic carbocycles. The Hall–Kier alpha value is -2.14. The molecule has 28 heavy (non-hydrogen) atoms. The van der Waals surface area contributed by atoms with E-state index in [0.29, 0.717) is 26.2 Å². The first-order valence-corrected chi connectivity index (χ1v) is 9.88. The predicted octanol–water partition coefficient (Wildman–Crippen LogP) is 4.51. The lowest BCUT2D eigenvalue weighted by molar-refractivity contribution is -0.0515. The normalized spacial score (nSPS) is 23.7.